The van der Waals surface area contributed by atoms with Gasteiger partial charge in [-0.1, -0.05) is 0 Å². The second kappa shape index (κ2) is 5.09. The molecule has 0 unspecified atom stereocenters. The number of hydrogen-bond donors (Lipinski definition) is 2. The Labute approximate surface area is 105 Å². The van der Waals surface area contributed by atoms with Crippen molar-refractivity contribution in [1.29, 1.82) is 0 Å². The maximum absolute atomic E-state index is 12.8. The van der Waals surface area contributed by atoms with Crippen LogP contribution < -0.4 is 5.32 Å². The molecule has 2 aromatic rings. The fourth-order valence-electron chi connectivity index (χ4n) is 1.33. The second-order valence-electron chi connectivity index (χ2n) is 3.38. The molecule has 0 radical (unpaired) electrons. The Morgan fingerprint density at radius 3 is 3.00 bits per heavy atom. The van der Waals surface area contributed by atoms with Crippen molar-refractivity contribution in [3.05, 3.63) is 52.3 Å². The van der Waals surface area contributed by atoms with Crippen LogP contribution in [0.25, 0.3) is 0 Å². The predicted octanol–water partition coefficient (Wildman–Crippen LogP) is 2.24. The average Bonchev–Trinajstić information content (AvgIpc) is 2.78. The zero-order chi connectivity index (χ0) is 12.3. The minimum atomic E-state index is -0.387. The first kappa shape index (κ1) is 11.8. The Hall–Kier alpha value is -1.69. The molecule has 1 heterocycles. The smallest absolute Gasteiger partial charge is 0.252 e. The number of nitrogens with one attached hydrogen (secondary N) is 2. The van der Waals surface area contributed by atoms with E-state index in [1.165, 1.54) is 24.5 Å². The summed E-state index contributed by atoms with van der Waals surface area (Å²) < 4.78 is 13.3. The Morgan fingerprint density at radius 1 is 1.53 bits per heavy atom. The number of nitrogens with zero attached hydrogens (tertiary/aromatic N) is 1. The number of carbonyl (C=O) groups is 1. The zero-order valence-electron chi connectivity index (χ0n) is 8.71. The van der Waals surface area contributed by atoms with Crippen LogP contribution in [-0.4, -0.2) is 15.9 Å². The first-order valence-electron chi connectivity index (χ1n) is 4.87. The van der Waals surface area contributed by atoms with Gasteiger partial charge in [-0.05, 0) is 34.1 Å². The molecule has 6 heteroatoms. The van der Waals surface area contributed by atoms with E-state index in [2.05, 4.69) is 31.2 Å². The van der Waals surface area contributed by atoms with Crippen molar-refractivity contribution in [3.63, 3.8) is 0 Å². The van der Waals surface area contributed by atoms with Crippen LogP contribution in [0.2, 0.25) is 0 Å². The summed E-state index contributed by atoms with van der Waals surface area (Å²) >= 11 is 3.15. The fourth-order valence-corrected chi connectivity index (χ4v) is 1.86. The van der Waals surface area contributed by atoms with Crippen LogP contribution >= 0.6 is 15.9 Å². The van der Waals surface area contributed by atoms with Crippen molar-refractivity contribution in [2.75, 3.05) is 0 Å². The van der Waals surface area contributed by atoms with Gasteiger partial charge in [-0.3, -0.25) is 4.79 Å². The van der Waals surface area contributed by atoms with Crippen molar-refractivity contribution in [2.24, 2.45) is 0 Å². The molecule has 17 heavy (non-hydrogen) atoms. The SMILES string of the molecule is O=C(NCc1cnc[nH]1)c1ccc(F)cc1Br. The number of hydrogen-bond acceptors (Lipinski definition) is 2. The van der Waals surface area contributed by atoms with Crippen molar-refractivity contribution >= 4 is 21.8 Å². The van der Waals surface area contributed by atoms with E-state index in [4.69, 9.17) is 0 Å². The van der Waals surface area contributed by atoms with Gasteiger partial charge in [0.25, 0.3) is 5.91 Å². The summed E-state index contributed by atoms with van der Waals surface area (Å²) in [6.45, 7) is 0.350. The third kappa shape index (κ3) is 2.91. The molecule has 0 saturated carbocycles. The maximum Gasteiger partial charge on any atom is 0.252 e. The van der Waals surface area contributed by atoms with Gasteiger partial charge in [0.1, 0.15) is 5.82 Å². The Kier molecular flexibility index (Phi) is 3.53. The van der Waals surface area contributed by atoms with Crippen LogP contribution in [0.1, 0.15) is 16.1 Å². The van der Waals surface area contributed by atoms with Gasteiger partial charge in [0.15, 0.2) is 0 Å². The summed E-state index contributed by atoms with van der Waals surface area (Å²) in [5.74, 6) is -0.659. The zero-order valence-corrected chi connectivity index (χ0v) is 10.3. The van der Waals surface area contributed by atoms with Crippen LogP contribution in [0.3, 0.4) is 0 Å². The standard InChI is InChI=1S/C11H9BrFN3O/c12-10-3-7(13)1-2-9(10)11(17)15-5-8-4-14-6-16-8/h1-4,6H,5H2,(H,14,16)(H,15,17). The molecular weight excluding hydrogens is 289 g/mol. The molecule has 1 aromatic heterocycles. The molecule has 0 saturated heterocycles. The van der Waals surface area contributed by atoms with Crippen LogP contribution in [0.4, 0.5) is 4.39 Å². The molecule has 4 nitrogen and oxygen atoms in total. The highest BCUT2D eigenvalue weighted by molar-refractivity contribution is 9.10. The third-order valence-electron chi connectivity index (χ3n) is 2.17. The second-order valence-corrected chi connectivity index (χ2v) is 4.24. The summed E-state index contributed by atoms with van der Waals surface area (Å²) in [6.07, 6.45) is 3.16. The molecule has 0 bridgehead atoms. The lowest BCUT2D eigenvalue weighted by molar-refractivity contribution is 0.0949. The fraction of sp³-hybridized carbons (Fsp3) is 0.0909. The summed E-state index contributed by atoms with van der Waals surface area (Å²) in [5, 5.41) is 2.70. The summed E-state index contributed by atoms with van der Waals surface area (Å²) in [4.78, 5) is 18.5. The summed E-state index contributed by atoms with van der Waals surface area (Å²) in [5.41, 5.74) is 1.20. The Balaban J connectivity index is 2.04. The van der Waals surface area contributed by atoms with E-state index in [-0.39, 0.29) is 11.7 Å². The van der Waals surface area contributed by atoms with Gasteiger partial charge < -0.3 is 10.3 Å². The molecule has 0 atom stereocenters. The molecule has 2 rings (SSSR count). The normalized spacial score (nSPS) is 10.2. The van der Waals surface area contributed by atoms with E-state index >= 15 is 0 Å². The first-order chi connectivity index (χ1) is 8.16. The molecule has 0 fully saturated rings. The topological polar surface area (TPSA) is 57.8 Å². The van der Waals surface area contributed by atoms with Crippen molar-refractivity contribution in [2.45, 2.75) is 6.54 Å². The molecule has 0 aliphatic carbocycles. The first-order valence-corrected chi connectivity index (χ1v) is 5.66. The molecular formula is C11H9BrFN3O. The molecule has 0 aliphatic rings. The molecule has 1 aromatic carbocycles. The largest absolute Gasteiger partial charge is 0.347 e. The number of carbonyl (C=O) groups excluding carboxylic acids is 1. The van der Waals surface area contributed by atoms with Crippen LogP contribution in [-0.2, 0) is 6.54 Å². The Bertz CT molecular complexity index is 528. The highest BCUT2D eigenvalue weighted by Gasteiger charge is 2.10. The highest BCUT2D eigenvalue weighted by atomic mass is 79.9. The van der Waals surface area contributed by atoms with Gasteiger partial charge in [0.2, 0.25) is 0 Å². The average molecular weight is 298 g/mol. The number of benzene rings is 1. The molecule has 88 valence electrons. The van der Waals surface area contributed by atoms with E-state index < -0.39 is 0 Å². The van der Waals surface area contributed by atoms with Crippen LogP contribution in [0, 0.1) is 5.82 Å². The van der Waals surface area contributed by atoms with Gasteiger partial charge in [-0.25, -0.2) is 9.37 Å². The van der Waals surface area contributed by atoms with Gasteiger partial charge in [-0.2, -0.15) is 0 Å². The monoisotopic (exact) mass is 297 g/mol. The number of aromatic amines is 1. The van der Waals surface area contributed by atoms with Crippen molar-refractivity contribution in [3.8, 4) is 0 Å². The minimum absolute atomic E-state index is 0.272. The number of imidazole rings is 1. The van der Waals surface area contributed by atoms with E-state index in [1.54, 1.807) is 6.20 Å². The molecule has 2 N–H and O–H groups in total. The molecule has 1 amide bonds. The summed E-state index contributed by atoms with van der Waals surface area (Å²) in [6, 6.07) is 3.93. The lowest BCUT2D eigenvalue weighted by Gasteiger charge is -2.05. The van der Waals surface area contributed by atoms with Crippen LogP contribution in [0.5, 0.6) is 0 Å². The molecule has 0 spiro atoms. The maximum atomic E-state index is 12.8. The number of amides is 1. The quantitative estimate of drug-likeness (QED) is 0.913. The predicted molar refractivity (Wildman–Crippen MR) is 63.9 cm³/mol. The number of rotatable bonds is 3. The van der Waals surface area contributed by atoms with E-state index in [1.807, 2.05) is 0 Å². The molecule has 0 aliphatic heterocycles. The summed E-state index contributed by atoms with van der Waals surface area (Å²) in [7, 11) is 0. The van der Waals surface area contributed by atoms with Crippen LogP contribution in [0.15, 0.2) is 35.2 Å². The van der Waals surface area contributed by atoms with Crippen molar-refractivity contribution < 1.29 is 9.18 Å². The van der Waals surface area contributed by atoms with E-state index in [9.17, 15) is 9.18 Å². The van der Waals surface area contributed by atoms with Gasteiger partial charge in [0.05, 0.1) is 24.1 Å². The van der Waals surface area contributed by atoms with Gasteiger partial charge in [0, 0.05) is 10.7 Å². The number of H-pyrrole nitrogens is 1. The highest BCUT2D eigenvalue weighted by Crippen LogP contribution is 2.17. The lowest BCUT2D eigenvalue weighted by atomic mass is 10.2. The van der Waals surface area contributed by atoms with Gasteiger partial charge >= 0.3 is 0 Å². The third-order valence-corrected chi connectivity index (χ3v) is 2.83. The van der Waals surface area contributed by atoms with Crippen molar-refractivity contribution in [1.82, 2.24) is 15.3 Å². The number of aromatic nitrogens is 2. The lowest BCUT2D eigenvalue weighted by Crippen LogP contribution is -2.23. The number of halogens is 2. The van der Waals surface area contributed by atoms with E-state index in [0.717, 1.165) is 5.69 Å². The van der Waals surface area contributed by atoms with E-state index in [0.29, 0.717) is 16.6 Å². The Morgan fingerprint density at radius 2 is 2.35 bits per heavy atom. The minimum Gasteiger partial charge on any atom is -0.347 e. The van der Waals surface area contributed by atoms with Gasteiger partial charge in [-0.15, -0.1) is 0 Å².